The predicted octanol–water partition coefficient (Wildman–Crippen LogP) is 2.77. The molecule has 142 valence electrons. The van der Waals surface area contributed by atoms with Crippen molar-refractivity contribution in [2.24, 2.45) is 11.8 Å². The van der Waals surface area contributed by atoms with Crippen LogP contribution in [-0.4, -0.2) is 49.4 Å². The molecule has 1 saturated heterocycles. The average molecular weight is 388 g/mol. The second-order valence-corrected chi connectivity index (χ2v) is 7.78. The molecule has 0 saturated carbocycles. The number of piperidine rings is 1. The maximum Gasteiger partial charge on any atom is 0.262 e. The predicted molar refractivity (Wildman–Crippen MR) is 106 cm³/mol. The highest BCUT2D eigenvalue weighted by Gasteiger charge is 2.31. The molecule has 1 fully saturated rings. The Kier molecular flexibility index (Phi) is 9.46. The van der Waals surface area contributed by atoms with E-state index < -0.39 is 6.04 Å². The van der Waals surface area contributed by atoms with Gasteiger partial charge in [-0.05, 0) is 56.1 Å². The van der Waals surface area contributed by atoms with Gasteiger partial charge < -0.3 is 15.5 Å². The van der Waals surface area contributed by atoms with Crippen molar-refractivity contribution in [2.45, 2.75) is 39.2 Å². The molecule has 1 aliphatic heterocycles. The van der Waals surface area contributed by atoms with Crippen molar-refractivity contribution < 1.29 is 9.59 Å². The fourth-order valence-electron chi connectivity index (χ4n) is 3.12. The standard InChI is InChI=1S/C18H29N3O2S.ClH/c1-13(2)16(20-17(22)15-5-4-12-24-15)18(23)21-10-7-14(8-11-21)6-9-19-3;/h4-5,12-14,16,19H,6-11H2,1-3H3,(H,20,22);1H. The van der Waals surface area contributed by atoms with Crippen molar-refractivity contribution >= 4 is 35.6 Å². The number of carbonyl (C=O) groups excluding carboxylic acids is 2. The Morgan fingerprint density at radius 1 is 1.32 bits per heavy atom. The lowest BCUT2D eigenvalue weighted by atomic mass is 9.92. The molecule has 0 bridgehead atoms. The number of carbonyl (C=O) groups is 2. The fourth-order valence-corrected chi connectivity index (χ4v) is 3.75. The highest BCUT2D eigenvalue weighted by atomic mass is 35.5. The normalized spacial score (nSPS) is 16.4. The summed E-state index contributed by atoms with van der Waals surface area (Å²) < 4.78 is 0. The van der Waals surface area contributed by atoms with Gasteiger partial charge in [-0.2, -0.15) is 0 Å². The van der Waals surface area contributed by atoms with Gasteiger partial charge in [0.1, 0.15) is 6.04 Å². The number of hydrogen-bond acceptors (Lipinski definition) is 4. The number of hydrogen-bond donors (Lipinski definition) is 2. The van der Waals surface area contributed by atoms with Crippen LogP contribution in [0.4, 0.5) is 0 Å². The van der Waals surface area contributed by atoms with E-state index in [1.54, 1.807) is 6.07 Å². The second-order valence-electron chi connectivity index (χ2n) is 6.83. The van der Waals surface area contributed by atoms with Crippen LogP contribution >= 0.6 is 23.7 Å². The summed E-state index contributed by atoms with van der Waals surface area (Å²) >= 11 is 1.40. The molecule has 0 radical (unpaired) electrons. The van der Waals surface area contributed by atoms with Gasteiger partial charge in [-0.1, -0.05) is 19.9 Å². The molecule has 25 heavy (non-hydrogen) atoms. The van der Waals surface area contributed by atoms with E-state index in [1.165, 1.54) is 17.8 Å². The number of nitrogens with one attached hydrogen (secondary N) is 2. The maximum absolute atomic E-state index is 12.9. The molecule has 2 N–H and O–H groups in total. The highest BCUT2D eigenvalue weighted by Crippen LogP contribution is 2.21. The van der Waals surface area contributed by atoms with E-state index >= 15 is 0 Å². The van der Waals surface area contributed by atoms with Crippen molar-refractivity contribution in [3.8, 4) is 0 Å². The first-order chi connectivity index (χ1) is 11.5. The SMILES string of the molecule is CNCCC1CCN(C(=O)C(NC(=O)c2cccs2)C(C)C)CC1.Cl. The van der Waals surface area contributed by atoms with Crippen molar-refractivity contribution in [2.75, 3.05) is 26.7 Å². The molecule has 1 atom stereocenters. The van der Waals surface area contributed by atoms with E-state index in [1.807, 2.05) is 37.2 Å². The Balaban J connectivity index is 0.00000312. The topological polar surface area (TPSA) is 61.4 Å². The van der Waals surface area contributed by atoms with E-state index in [0.29, 0.717) is 10.8 Å². The number of thiophene rings is 1. The third kappa shape index (κ3) is 6.28. The third-order valence-electron chi connectivity index (χ3n) is 4.69. The lowest BCUT2D eigenvalue weighted by molar-refractivity contribution is -0.135. The second kappa shape index (κ2) is 10.8. The minimum atomic E-state index is -0.451. The average Bonchev–Trinajstić information content (AvgIpc) is 3.12. The smallest absolute Gasteiger partial charge is 0.262 e. The Labute approximate surface area is 161 Å². The van der Waals surface area contributed by atoms with Crippen LogP contribution in [0.2, 0.25) is 0 Å². The van der Waals surface area contributed by atoms with Crippen LogP contribution in [-0.2, 0) is 4.79 Å². The summed E-state index contributed by atoms with van der Waals surface area (Å²) in [6, 6.07) is 3.19. The Hall–Kier alpha value is -1.11. The molecular weight excluding hydrogens is 358 g/mol. The molecule has 0 spiro atoms. The molecule has 1 aromatic rings. The van der Waals surface area contributed by atoms with Crippen molar-refractivity contribution in [1.29, 1.82) is 0 Å². The number of nitrogens with zero attached hydrogens (tertiary/aromatic N) is 1. The maximum atomic E-state index is 12.9. The van der Waals surface area contributed by atoms with Gasteiger partial charge in [0.2, 0.25) is 5.91 Å². The number of halogens is 1. The van der Waals surface area contributed by atoms with Gasteiger partial charge in [-0.25, -0.2) is 0 Å². The first kappa shape index (κ1) is 21.9. The fraction of sp³-hybridized carbons (Fsp3) is 0.667. The summed E-state index contributed by atoms with van der Waals surface area (Å²) in [5.74, 6) is 0.672. The zero-order chi connectivity index (χ0) is 17.5. The van der Waals surface area contributed by atoms with Gasteiger partial charge >= 0.3 is 0 Å². The molecule has 2 heterocycles. The lowest BCUT2D eigenvalue weighted by Crippen LogP contribution is -2.53. The van der Waals surface area contributed by atoms with Crippen LogP contribution in [0.1, 0.15) is 42.8 Å². The van der Waals surface area contributed by atoms with Gasteiger partial charge in [0.15, 0.2) is 0 Å². The summed E-state index contributed by atoms with van der Waals surface area (Å²) in [6.45, 7) is 6.59. The molecular formula is C18H30ClN3O2S. The first-order valence-electron chi connectivity index (χ1n) is 8.80. The van der Waals surface area contributed by atoms with Gasteiger partial charge in [0.25, 0.3) is 5.91 Å². The summed E-state index contributed by atoms with van der Waals surface area (Å²) in [5, 5.41) is 7.99. The molecule has 5 nitrogen and oxygen atoms in total. The van der Waals surface area contributed by atoms with Crippen LogP contribution in [0.3, 0.4) is 0 Å². The third-order valence-corrected chi connectivity index (χ3v) is 5.56. The summed E-state index contributed by atoms with van der Waals surface area (Å²) in [4.78, 5) is 27.7. The van der Waals surface area contributed by atoms with Gasteiger partial charge in [-0.15, -0.1) is 23.7 Å². The van der Waals surface area contributed by atoms with Crippen molar-refractivity contribution in [3.63, 3.8) is 0 Å². The van der Waals surface area contributed by atoms with Gasteiger partial charge in [0, 0.05) is 13.1 Å². The summed E-state index contributed by atoms with van der Waals surface area (Å²) in [6.07, 6.45) is 3.27. The van der Waals surface area contributed by atoms with E-state index in [0.717, 1.165) is 32.5 Å². The molecule has 1 aromatic heterocycles. The van der Waals surface area contributed by atoms with E-state index in [9.17, 15) is 9.59 Å². The molecule has 0 aromatic carbocycles. The summed E-state index contributed by atoms with van der Waals surface area (Å²) in [5.41, 5.74) is 0. The van der Waals surface area contributed by atoms with Crippen LogP contribution < -0.4 is 10.6 Å². The molecule has 1 aliphatic rings. The van der Waals surface area contributed by atoms with Gasteiger partial charge in [-0.3, -0.25) is 9.59 Å². The van der Waals surface area contributed by atoms with Crippen LogP contribution in [0.15, 0.2) is 17.5 Å². The summed E-state index contributed by atoms with van der Waals surface area (Å²) in [7, 11) is 1.97. The molecule has 2 amide bonds. The molecule has 2 rings (SSSR count). The number of likely N-dealkylation sites (tertiary alicyclic amines) is 1. The number of rotatable bonds is 7. The molecule has 0 aliphatic carbocycles. The van der Waals surface area contributed by atoms with Crippen LogP contribution in [0.5, 0.6) is 0 Å². The number of amides is 2. The highest BCUT2D eigenvalue weighted by molar-refractivity contribution is 7.12. The zero-order valence-electron chi connectivity index (χ0n) is 15.3. The van der Waals surface area contributed by atoms with Crippen molar-refractivity contribution in [1.82, 2.24) is 15.5 Å². The van der Waals surface area contributed by atoms with E-state index in [2.05, 4.69) is 10.6 Å². The molecule has 1 unspecified atom stereocenters. The monoisotopic (exact) mass is 387 g/mol. The van der Waals surface area contributed by atoms with Crippen LogP contribution in [0.25, 0.3) is 0 Å². The van der Waals surface area contributed by atoms with Gasteiger partial charge in [0.05, 0.1) is 4.88 Å². The quantitative estimate of drug-likeness (QED) is 0.756. The Morgan fingerprint density at radius 3 is 2.52 bits per heavy atom. The minimum absolute atomic E-state index is 0. The first-order valence-corrected chi connectivity index (χ1v) is 9.68. The molecule has 7 heteroatoms. The largest absolute Gasteiger partial charge is 0.341 e. The zero-order valence-corrected chi connectivity index (χ0v) is 16.9. The lowest BCUT2D eigenvalue weighted by Gasteiger charge is -2.35. The Morgan fingerprint density at radius 2 is 2.00 bits per heavy atom. The minimum Gasteiger partial charge on any atom is -0.341 e. The van der Waals surface area contributed by atoms with E-state index in [-0.39, 0.29) is 30.1 Å². The van der Waals surface area contributed by atoms with Crippen molar-refractivity contribution in [3.05, 3.63) is 22.4 Å². The van der Waals surface area contributed by atoms with Crippen LogP contribution in [0, 0.1) is 11.8 Å². The van der Waals surface area contributed by atoms with E-state index in [4.69, 9.17) is 0 Å². The Bertz CT molecular complexity index is 528.